The Kier molecular flexibility index (Phi) is 3.29. The summed E-state index contributed by atoms with van der Waals surface area (Å²) in [4.78, 5) is 11.7. The van der Waals surface area contributed by atoms with Gasteiger partial charge in [0, 0.05) is 11.1 Å². The second kappa shape index (κ2) is 4.57. The van der Waals surface area contributed by atoms with Gasteiger partial charge >= 0.3 is 6.03 Å². The van der Waals surface area contributed by atoms with Crippen LogP contribution in [-0.2, 0) is 5.54 Å². The molecule has 2 N–H and O–H groups in total. The van der Waals surface area contributed by atoms with E-state index in [9.17, 15) is 4.79 Å². The Morgan fingerprint density at radius 1 is 1.41 bits per heavy atom. The maximum atomic E-state index is 11.7. The summed E-state index contributed by atoms with van der Waals surface area (Å²) in [7, 11) is 0. The summed E-state index contributed by atoms with van der Waals surface area (Å²) in [6.07, 6.45) is 2.18. The molecular formula is C13H17ClN2O. The fraction of sp³-hybridized carbons (Fsp3) is 0.462. The fourth-order valence-corrected chi connectivity index (χ4v) is 1.87. The molecule has 3 nitrogen and oxygen atoms in total. The Balaban J connectivity index is 2.03. The van der Waals surface area contributed by atoms with Crippen molar-refractivity contribution < 1.29 is 4.79 Å². The van der Waals surface area contributed by atoms with E-state index >= 15 is 0 Å². The van der Waals surface area contributed by atoms with Gasteiger partial charge in [-0.2, -0.15) is 0 Å². The summed E-state index contributed by atoms with van der Waals surface area (Å²) in [5, 5.41) is 6.55. The van der Waals surface area contributed by atoms with Crippen LogP contribution in [0.5, 0.6) is 0 Å². The number of urea groups is 1. The van der Waals surface area contributed by atoms with Crippen molar-refractivity contribution in [3.8, 4) is 0 Å². The van der Waals surface area contributed by atoms with E-state index in [0.29, 0.717) is 11.1 Å². The lowest BCUT2D eigenvalue weighted by Crippen LogP contribution is -2.47. The maximum absolute atomic E-state index is 11.7. The van der Waals surface area contributed by atoms with Crippen LogP contribution in [0.4, 0.5) is 4.79 Å². The Hall–Kier alpha value is -1.22. The predicted molar refractivity (Wildman–Crippen MR) is 69.2 cm³/mol. The minimum atomic E-state index is -0.427. The molecule has 0 heterocycles. The molecule has 0 saturated heterocycles. The van der Waals surface area contributed by atoms with Crippen molar-refractivity contribution in [1.82, 2.24) is 10.6 Å². The van der Waals surface area contributed by atoms with Crippen LogP contribution in [0.25, 0.3) is 0 Å². The van der Waals surface area contributed by atoms with E-state index in [1.165, 1.54) is 0 Å². The number of benzene rings is 1. The molecule has 0 bridgehead atoms. The van der Waals surface area contributed by atoms with Gasteiger partial charge in [-0.15, -0.1) is 0 Å². The normalized spacial score (nSPS) is 15.5. The van der Waals surface area contributed by atoms with Crippen LogP contribution in [0.3, 0.4) is 0 Å². The van der Waals surface area contributed by atoms with Crippen molar-refractivity contribution >= 4 is 17.6 Å². The molecule has 0 aliphatic heterocycles. The third kappa shape index (κ3) is 3.37. The first kappa shape index (κ1) is 12.2. The number of halogens is 1. The molecule has 0 aromatic heterocycles. The molecule has 0 spiro atoms. The van der Waals surface area contributed by atoms with Gasteiger partial charge in [0.05, 0.1) is 5.54 Å². The first-order valence-electron chi connectivity index (χ1n) is 5.82. The quantitative estimate of drug-likeness (QED) is 0.853. The van der Waals surface area contributed by atoms with E-state index in [2.05, 4.69) is 10.6 Å². The molecule has 0 unspecified atom stereocenters. The van der Waals surface area contributed by atoms with Gasteiger partial charge in [0.1, 0.15) is 0 Å². The number of rotatable bonds is 3. The van der Waals surface area contributed by atoms with E-state index in [1.54, 1.807) is 0 Å². The minimum Gasteiger partial charge on any atom is -0.335 e. The average molecular weight is 253 g/mol. The zero-order valence-corrected chi connectivity index (χ0v) is 10.8. The molecule has 17 heavy (non-hydrogen) atoms. The summed E-state index contributed by atoms with van der Waals surface area (Å²) >= 11 is 5.95. The van der Waals surface area contributed by atoms with Crippen LogP contribution < -0.4 is 10.6 Å². The number of hydrogen-bond acceptors (Lipinski definition) is 1. The molecule has 1 fully saturated rings. The van der Waals surface area contributed by atoms with Crippen LogP contribution in [-0.4, -0.2) is 12.1 Å². The van der Waals surface area contributed by atoms with Crippen LogP contribution >= 0.6 is 11.6 Å². The Morgan fingerprint density at radius 2 is 2.12 bits per heavy atom. The van der Waals surface area contributed by atoms with E-state index in [0.717, 1.165) is 18.4 Å². The fourth-order valence-electron chi connectivity index (χ4n) is 1.68. The standard InChI is InChI=1S/C13H17ClN2O/c1-13(2,9-4-3-5-10(14)8-9)16-12(17)15-11-6-7-11/h3-5,8,11H,6-7H2,1-2H3,(H2,15,16,17). The van der Waals surface area contributed by atoms with Gasteiger partial charge in [-0.1, -0.05) is 23.7 Å². The molecular weight excluding hydrogens is 236 g/mol. The van der Waals surface area contributed by atoms with Gasteiger partial charge < -0.3 is 10.6 Å². The van der Waals surface area contributed by atoms with E-state index in [4.69, 9.17) is 11.6 Å². The van der Waals surface area contributed by atoms with Crippen molar-refractivity contribution in [2.45, 2.75) is 38.3 Å². The summed E-state index contributed by atoms with van der Waals surface area (Å²) in [6.45, 7) is 3.93. The summed E-state index contributed by atoms with van der Waals surface area (Å²) in [5.41, 5.74) is 0.570. The van der Waals surface area contributed by atoms with Crippen LogP contribution in [0.2, 0.25) is 5.02 Å². The topological polar surface area (TPSA) is 41.1 Å². The summed E-state index contributed by atoms with van der Waals surface area (Å²) < 4.78 is 0. The van der Waals surface area contributed by atoms with Crippen LogP contribution in [0.1, 0.15) is 32.3 Å². The van der Waals surface area contributed by atoms with Crippen molar-refractivity contribution in [3.05, 3.63) is 34.9 Å². The lowest BCUT2D eigenvalue weighted by Gasteiger charge is -2.27. The number of carbonyl (C=O) groups excluding carboxylic acids is 1. The molecule has 1 aliphatic carbocycles. The first-order chi connectivity index (χ1) is 7.97. The van der Waals surface area contributed by atoms with Crippen molar-refractivity contribution in [2.75, 3.05) is 0 Å². The van der Waals surface area contributed by atoms with Gasteiger partial charge in [0.2, 0.25) is 0 Å². The highest BCUT2D eigenvalue weighted by Gasteiger charge is 2.27. The third-order valence-corrected chi connectivity index (χ3v) is 3.12. The van der Waals surface area contributed by atoms with Crippen molar-refractivity contribution in [3.63, 3.8) is 0 Å². The van der Waals surface area contributed by atoms with Gasteiger partial charge in [-0.05, 0) is 44.4 Å². The lowest BCUT2D eigenvalue weighted by molar-refractivity contribution is 0.229. The Labute approximate surface area is 107 Å². The summed E-state index contributed by atoms with van der Waals surface area (Å²) in [5.74, 6) is 0. The second-order valence-electron chi connectivity index (χ2n) is 5.01. The minimum absolute atomic E-state index is 0.113. The van der Waals surface area contributed by atoms with Crippen LogP contribution in [0, 0.1) is 0 Å². The van der Waals surface area contributed by atoms with Crippen molar-refractivity contribution in [1.29, 1.82) is 0 Å². The molecule has 0 atom stereocenters. The number of hydrogen-bond donors (Lipinski definition) is 2. The highest BCUT2D eigenvalue weighted by Crippen LogP contribution is 2.23. The molecule has 92 valence electrons. The van der Waals surface area contributed by atoms with Gasteiger partial charge in [0.15, 0.2) is 0 Å². The number of amides is 2. The highest BCUT2D eigenvalue weighted by molar-refractivity contribution is 6.30. The Bertz CT molecular complexity index is 427. The molecule has 0 radical (unpaired) electrons. The molecule has 1 aromatic rings. The first-order valence-corrected chi connectivity index (χ1v) is 6.20. The van der Waals surface area contributed by atoms with Gasteiger partial charge in [-0.3, -0.25) is 0 Å². The van der Waals surface area contributed by atoms with Crippen molar-refractivity contribution in [2.24, 2.45) is 0 Å². The molecule has 1 aliphatic rings. The van der Waals surface area contributed by atoms with Crippen LogP contribution in [0.15, 0.2) is 24.3 Å². The average Bonchev–Trinajstić information content (AvgIpc) is 3.00. The molecule has 1 aromatic carbocycles. The molecule has 2 amide bonds. The summed E-state index contributed by atoms with van der Waals surface area (Å²) in [6, 6.07) is 7.80. The van der Waals surface area contributed by atoms with Gasteiger partial charge in [-0.25, -0.2) is 4.79 Å². The third-order valence-electron chi connectivity index (χ3n) is 2.88. The van der Waals surface area contributed by atoms with E-state index in [1.807, 2.05) is 38.1 Å². The number of carbonyl (C=O) groups is 1. The second-order valence-corrected chi connectivity index (χ2v) is 5.44. The predicted octanol–water partition coefficient (Wildman–Crippen LogP) is 3.04. The highest BCUT2D eigenvalue weighted by atomic mass is 35.5. The number of nitrogens with one attached hydrogen (secondary N) is 2. The molecule has 2 rings (SSSR count). The smallest absolute Gasteiger partial charge is 0.315 e. The van der Waals surface area contributed by atoms with E-state index in [-0.39, 0.29) is 6.03 Å². The molecule has 4 heteroatoms. The van der Waals surface area contributed by atoms with Gasteiger partial charge in [0.25, 0.3) is 0 Å². The SMILES string of the molecule is CC(C)(NC(=O)NC1CC1)c1cccc(Cl)c1. The molecule has 1 saturated carbocycles. The maximum Gasteiger partial charge on any atom is 0.315 e. The zero-order valence-electron chi connectivity index (χ0n) is 10.1. The lowest BCUT2D eigenvalue weighted by atomic mass is 9.94. The largest absolute Gasteiger partial charge is 0.335 e. The Morgan fingerprint density at radius 3 is 2.71 bits per heavy atom. The zero-order chi connectivity index (χ0) is 12.5. The van der Waals surface area contributed by atoms with E-state index < -0.39 is 5.54 Å². The monoisotopic (exact) mass is 252 g/mol.